The number of amides is 2. The number of carbonyl (C=O) groups excluding carboxylic acids is 2. The van der Waals surface area contributed by atoms with Gasteiger partial charge < -0.3 is 9.73 Å². The number of aromatic nitrogens is 2. The number of nitrogens with zero attached hydrogens (tertiary/aromatic N) is 4. The van der Waals surface area contributed by atoms with E-state index in [1.54, 1.807) is 24.3 Å². The van der Waals surface area contributed by atoms with Gasteiger partial charge in [0.15, 0.2) is 0 Å². The Morgan fingerprint density at radius 1 is 1.14 bits per heavy atom. The summed E-state index contributed by atoms with van der Waals surface area (Å²) >= 11 is 1.05. The van der Waals surface area contributed by atoms with Crippen molar-refractivity contribution in [2.75, 3.05) is 10.8 Å². The fraction of sp³-hybridized carbons (Fsp3) is 0.105. The summed E-state index contributed by atoms with van der Waals surface area (Å²) in [5, 5.41) is 16.0. The van der Waals surface area contributed by atoms with Crippen molar-refractivity contribution >= 4 is 35.1 Å². The van der Waals surface area contributed by atoms with Crippen LogP contribution in [0.4, 0.5) is 10.1 Å². The summed E-state index contributed by atoms with van der Waals surface area (Å²) in [5.41, 5.74) is 1.21. The number of halogens is 1. The molecule has 146 valence electrons. The summed E-state index contributed by atoms with van der Waals surface area (Å²) in [6, 6.07) is 14.6. The second kappa shape index (κ2) is 8.23. The molecular weight excluding hydrogens is 397 g/mol. The zero-order chi connectivity index (χ0) is 20.2. The monoisotopic (exact) mass is 411 g/mol. The number of anilines is 1. The fourth-order valence-electron chi connectivity index (χ4n) is 2.57. The van der Waals surface area contributed by atoms with Crippen molar-refractivity contribution in [2.45, 2.75) is 11.6 Å². The van der Waals surface area contributed by atoms with Gasteiger partial charge in [-0.1, -0.05) is 30.0 Å². The minimum absolute atomic E-state index is 0.00357. The molecule has 2 aromatic carbocycles. The van der Waals surface area contributed by atoms with Crippen LogP contribution in [0.15, 0.2) is 69.3 Å². The smallest absolute Gasteiger partial charge is 0.277 e. The van der Waals surface area contributed by atoms with E-state index in [-0.39, 0.29) is 46.8 Å². The lowest BCUT2D eigenvalue weighted by atomic mass is 10.2. The van der Waals surface area contributed by atoms with Crippen molar-refractivity contribution in [2.24, 2.45) is 5.10 Å². The average Bonchev–Trinajstić information content (AvgIpc) is 3.34. The molecule has 1 aliphatic rings. The van der Waals surface area contributed by atoms with Gasteiger partial charge in [0.1, 0.15) is 11.7 Å². The lowest BCUT2D eigenvalue weighted by molar-refractivity contribution is -0.117. The van der Waals surface area contributed by atoms with Crippen molar-refractivity contribution < 1.29 is 18.4 Å². The zero-order valence-electron chi connectivity index (χ0n) is 14.9. The average molecular weight is 411 g/mol. The van der Waals surface area contributed by atoms with Crippen LogP contribution < -0.4 is 10.3 Å². The largest absolute Gasteiger partial charge is 0.411 e. The summed E-state index contributed by atoms with van der Waals surface area (Å²) in [7, 11) is 0. The SMILES string of the molecule is O=C(CSc1nnc(-c2ccc(F)cc2)o1)NC1=NN(c2ccccc2)C(=O)C1. The van der Waals surface area contributed by atoms with Gasteiger partial charge >= 0.3 is 0 Å². The molecule has 0 unspecified atom stereocenters. The molecule has 0 atom stereocenters. The Balaban J connectivity index is 1.33. The Kier molecular flexibility index (Phi) is 5.34. The number of rotatable bonds is 5. The first kappa shape index (κ1) is 18.8. The molecule has 8 nitrogen and oxygen atoms in total. The molecule has 0 spiro atoms. The molecule has 0 bridgehead atoms. The fourth-order valence-corrected chi connectivity index (χ4v) is 3.13. The van der Waals surface area contributed by atoms with E-state index in [0.29, 0.717) is 11.3 Å². The number of thioether (sulfide) groups is 1. The van der Waals surface area contributed by atoms with Crippen molar-refractivity contribution in [3.63, 3.8) is 0 Å². The van der Waals surface area contributed by atoms with Gasteiger partial charge in [-0.2, -0.15) is 10.1 Å². The predicted octanol–water partition coefficient (Wildman–Crippen LogP) is 2.83. The molecule has 0 aliphatic carbocycles. The van der Waals surface area contributed by atoms with Crippen LogP contribution in [0.3, 0.4) is 0 Å². The molecule has 2 heterocycles. The highest BCUT2D eigenvalue weighted by atomic mass is 32.2. The second-order valence-corrected chi connectivity index (χ2v) is 6.91. The molecule has 0 saturated carbocycles. The van der Waals surface area contributed by atoms with Crippen LogP contribution >= 0.6 is 11.8 Å². The van der Waals surface area contributed by atoms with Gasteiger partial charge in [-0.25, -0.2) is 4.39 Å². The molecule has 1 aromatic heterocycles. The summed E-state index contributed by atoms with van der Waals surface area (Å²) < 4.78 is 18.4. The highest BCUT2D eigenvalue weighted by Crippen LogP contribution is 2.23. The Hall–Kier alpha value is -3.53. The number of hydrogen-bond donors (Lipinski definition) is 1. The molecule has 4 rings (SSSR count). The lowest BCUT2D eigenvalue weighted by Gasteiger charge is -2.10. The lowest BCUT2D eigenvalue weighted by Crippen LogP contribution is -2.31. The molecular formula is C19H14FN5O3S. The molecule has 2 amide bonds. The first-order valence-corrected chi connectivity index (χ1v) is 9.54. The van der Waals surface area contributed by atoms with Crippen LogP contribution in [0.5, 0.6) is 0 Å². The van der Waals surface area contributed by atoms with Gasteiger partial charge in [0.2, 0.25) is 11.8 Å². The minimum atomic E-state index is -0.362. The normalized spacial score (nSPS) is 13.5. The minimum Gasteiger partial charge on any atom is -0.411 e. The first-order valence-electron chi connectivity index (χ1n) is 8.56. The van der Waals surface area contributed by atoms with E-state index in [1.165, 1.54) is 29.3 Å². The van der Waals surface area contributed by atoms with E-state index in [2.05, 4.69) is 20.6 Å². The summed E-state index contributed by atoms with van der Waals surface area (Å²) in [6.07, 6.45) is 0.0145. The third-order valence-corrected chi connectivity index (χ3v) is 4.70. The van der Waals surface area contributed by atoms with Crippen molar-refractivity contribution in [1.82, 2.24) is 15.5 Å². The number of nitrogens with one attached hydrogen (secondary N) is 1. The van der Waals surface area contributed by atoms with Gasteiger partial charge in [0.25, 0.3) is 11.1 Å². The van der Waals surface area contributed by atoms with Gasteiger partial charge in [0.05, 0.1) is 17.9 Å². The van der Waals surface area contributed by atoms with E-state index in [4.69, 9.17) is 4.42 Å². The Morgan fingerprint density at radius 3 is 2.66 bits per heavy atom. The first-order chi connectivity index (χ1) is 14.1. The van der Waals surface area contributed by atoms with Gasteiger partial charge in [-0.15, -0.1) is 10.2 Å². The Morgan fingerprint density at radius 2 is 1.90 bits per heavy atom. The van der Waals surface area contributed by atoms with E-state index in [0.717, 1.165) is 11.8 Å². The number of hydrazone groups is 1. The number of benzene rings is 2. The number of carbonyl (C=O) groups is 2. The quantitative estimate of drug-likeness (QED) is 0.648. The topological polar surface area (TPSA) is 101 Å². The van der Waals surface area contributed by atoms with Crippen LogP contribution in [-0.4, -0.2) is 33.6 Å². The van der Waals surface area contributed by atoms with Crippen molar-refractivity contribution in [3.05, 3.63) is 60.4 Å². The number of hydrogen-bond acceptors (Lipinski definition) is 7. The molecule has 0 saturated heterocycles. The van der Waals surface area contributed by atoms with Crippen LogP contribution in [0.25, 0.3) is 11.5 Å². The highest BCUT2D eigenvalue weighted by Gasteiger charge is 2.26. The van der Waals surface area contributed by atoms with Crippen LogP contribution in [0, 0.1) is 5.82 Å². The summed E-state index contributed by atoms with van der Waals surface area (Å²) in [4.78, 5) is 24.3. The third-order valence-electron chi connectivity index (χ3n) is 3.88. The molecule has 29 heavy (non-hydrogen) atoms. The third kappa shape index (κ3) is 4.49. The maximum atomic E-state index is 13.0. The van der Waals surface area contributed by atoms with Crippen LogP contribution in [0.1, 0.15) is 6.42 Å². The molecule has 3 aromatic rings. The van der Waals surface area contributed by atoms with Gasteiger partial charge in [0, 0.05) is 5.56 Å². The number of para-hydroxylation sites is 1. The van der Waals surface area contributed by atoms with E-state index >= 15 is 0 Å². The van der Waals surface area contributed by atoms with Crippen molar-refractivity contribution in [1.29, 1.82) is 0 Å². The molecule has 0 fully saturated rings. The standard InChI is InChI=1S/C19H14FN5O3S/c20-13-8-6-12(7-9-13)18-22-23-19(28-18)29-11-16(26)21-15-10-17(27)25(24-15)14-4-2-1-3-5-14/h1-9H,10-11H2,(H,21,24,26). The van der Waals surface area contributed by atoms with E-state index in [1.807, 2.05) is 6.07 Å². The van der Waals surface area contributed by atoms with Gasteiger partial charge in [-0.05, 0) is 36.4 Å². The molecule has 10 heteroatoms. The predicted molar refractivity (Wildman–Crippen MR) is 105 cm³/mol. The van der Waals surface area contributed by atoms with Crippen LogP contribution in [0.2, 0.25) is 0 Å². The molecule has 0 radical (unpaired) electrons. The highest BCUT2D eigenvalue weighted by molar-refractivity contribution is 7.99. The Labute approximate surface area is 168 Å². The molecule has 1 aliphatic heterocycles. The van der Waals surface area contributed by atoms with Crippen LogP contribution in [-0.2, 0) is 9.59 Å². The number of amidine groups is 1. The second-order valence-electron chi connectivity index (χ2n) is 5.98. The summed E-state index contributed by atoms with van der Waals surface area (Å²) in [5.74, 6) is -0.417. The summed E-state index contributed by atoms with van der Waals surface area (Å²) in [6.45, 7) is 0. The molecule has 1 N–H and O–H groups in total. The van der Waals surface area contributed by atoms with Crippen molar-refractivity contribution in [3.8, 4) is 11.5 Å². The van der Waals surface area contributed by atoms with Gasteiger partial charge in [-0.3, -0.25) is 9.59 Å². The zero-order valence-corrected chi connectivity index (χ0v) is 15.7. The van der Waals surface area contributed by atoms with E-state index < -0.39 is 0 Å². The maximum absolute atomic E-state index is 13.0. The van der Waals surface area contributed by atoms with E-state index in [9.17, 15) is 14.0 Å². The maximum Gasteiger partial charge on any atom is 0.277 e. The Bertz CT molecular complexity index is 1070.